The fourth-order valence-electron chi connectivity index (χ4n) is 3.20. The molecule has 1 atom stereocenters. The average Bonchev–Trinajstić information content (AvgIpc) is 2.84. The van der Waals surface area contributed by atoms with Crippen molar-refractivity contribution in [2.24, 2.45) is 0 Å². The number of carboxylic acids is 1. The van der Waals surface area contributed by atoms with E-state index in [0.717, 1.165) is 31.1 Å². The quantitative estimate of drug-likeness (QED) is 0.240. The molecule has 0 saturated carbocycles. The van der Waals surface area contributed by atoms with Gasteiger partial charge in [0.15, 0.2) is 0 Å². The summed E-state index contributed by atoms with van der Waals surface area (Å²) in [7, 11) is 0. The molecule has 2 fully saturated rings. The van der Waals surface area contributed by atoms with Gasteiger partial charge in [-0.1, -0.05) is 0 Å². The summed E-state index contributed by atoms with van der Waals surface area (Å²) >= 11 is 0. The fraction of sp³-hybridized carbons (Fsp3) is 0.789. The van der Waals surface area contributed by atoms with Crippen LogP contribution in [0.2, 0.25) is 0 Å². The van der Waals surface area contributed by atoms with Crippen LogP contribution in [0.3, 0.4) is 0 Å². The Hall–Kier alpha value is -2.66. The van der Waals surface area contributed by atoms with Crippen molar-refractivity contribution in [1.82, 2.24) is 15.5 Å². The molecule has 0 aromatic rings. The van der Waals surface area contributed by atoms with Gasteiger partial charge in [0.05, 0.1) is 26.3 Å². The van der Waals surface area contributed by atoms with Gasteiger partial charge in [0.25, 0.3) is 0 Å². The van der Waals surface area contributed by atoms with Crippen LogP contribution in [0.15, 0.2) is 0 Å². The average molecular weight is 538 g/mol. The second-order valence-corrected chi connectivity index (χ2v) is 7.56. The molecule has 2 saturated heterocycles. The summed E-state index contributed by atoms with van der Waals surface area (Å²) in [6.45, 7) is 5.64. The Kier molecular flexibility index (Phi) is 11.4. The van der Waals surface area contributed by atoms with E-state index in [2.05, 4.69) is 15.4 Å². The number of carboxylic acid groups (broad SMARTS) is 1. The highest BCUT2D eigenvalue weighted by Crippen LogP contribution is 2.46. The number of quaternary nitrogens is 1. The van der Waals surface area contributed by atoms with Crippen LogP contribution in [0.4, 0.5) is 31.1 Å². The van der Waals surface area contributed by atoms with Gasteiger partial charge in [-0.2, -0.15) is 31.1 Å². The van der Waals surface area contributed by atoms with Crippen molar-refractivity contribution in [3.05, 3.63) is 0 Å². The minimum absolute atomic E-state index is 0.0479. The standard InChI is InChI=1S/C12H14F6N2O5.C7H14N2O2/c1-2-25-7(21)6-5-19-3-4-20(6)8(22)10(13,14)12(17,18)11(15,16)9(23)24;1-2-11-7(10)9-5-3-8-4-6-9/h6,19H,2-5H2,1H3,(H,23,24);8H,2-6H2,1H3. The van der Waals surface area contributed by atoms with Crippen molar-refractivity contribution in [3.8, 4) is 0 Å². The summed E-state index contributed by atoms with van der Waals surface area (Å²) in [5, 5.41) is 15.8. The number of nitrogens with zero attached hydrogens (tertiary/aromatic N) is 1. The normalized spacial score (nSPS) is 19.6. The number of rotatable bonds is 7. The van der Waals surface area contributed by atoms with E-state index in [-0.39, 0.29) is 24.1 Å². The number of alkyl carbamates (subject to hydrolysis) is 2. The predicted octanol–water partition coefficient (Wildman–Crippen LogP) is -2.36. The second-order valence-electron chi connectivity index (χ2n) is 7.56. The third-order valence-electron chi connectivity index (χ3n) is 5.15. The number of hydrogen-bond donors (Lipinski definition) is 3. The van der Waals surface area contributed by atoms with E-state index in [0.29, 0.717) is 6.61 Å². The van der Waals surface area contributed by atoms with Crippen LogP contribution >= 0.6 is 0 Å². The SMILES string of the molecule is CCOC(=O)C1CNCCN1C(=O)C(F)(F)C(F)(F)C(F)(F)C(=O)[O-].CCOC(=O)[NH+]1CCNCC1. The maximum atomic E-state index is 13.8. The van der Waals surface area contributed by atoms with Crippen molar-refractivity contribution in [2.75, 3.05) is 59.0 Å². The number of amides is 2. The molecule has 0 aromatic heterocycles. The minimum Gasteiger partial charge on any atom is -0.544 e. The van der Waals surface area contributed by atoms with Crippen LogP contribution in [-0.2, 0) is 23.9 Å². The molecule has 2 rings (SSSR count). The van der Waals surface area contributed by atoms with E-state index in [1.807, 2.05) is 6.92 Å². The van der Waals surface area contributed by atoms with Crippen LogP contribution in [0.5, 0.6) is 0 Å². The molecule has 208 valence electrons. The Bertz CT molecular complexity index is 796. The molecule has 2 aliphatic rings. The molecule has 0 aromatic carbocycles. The Labute approximate surface area is 202 Å². The smallest absolute Gasteiger partial charge is 0.514 e. The number of carbonyl (C=O) groups is 4. The van der Waals surface area contributed by atoms with Gasteiger partial charge < -0.3 is 34.9 Å². The van der Waals surface area contributed by atoms with Gasteiger partial charge in [0.1, 0.15) is 12.0 Å². The van der Waals surface area contributed by atoms with Gasteiger partial charge in [-0.3, -0.25) is 4.79 Å². The van der Waals surface area contributed by atoms with Gasteiger partial charge >= 0.3 is 35.7 Å². The third-order valence-corrected chi connectivity index (χ3v) is 5.15. The van der Waals surface area contributed by atoms with Crippen LogP contribution in [-0.4, -0.2) is 112 Å². The first kappa shape index (κ1) is 31.4. The van der Waals surface area contributed by atoms with E-state index in [1.54, 1.807) is 0 Å². The highest BCUT2D eigenvalue weighted by molar-refractivity contribution is 5.91. The Morgan fingerprint density at radius 3 is 1.97 bits per heavy atom. The molecule has 0 aliphatic carbocycles. The van der Waals surface area contributed by atoms with Crippen LogP contribution in [0, 0.1) is 0 Å². The second kappa shape index (κ2) is 13.0. The fourth-order valence-corrected chi connectivity index (χ4v) is 3.20. The minimum atomic E-state index is -6.58. The summed E-state index contributed by atoms with van der Waals surface area (Å²) < 4.78 is 89.7. The van der Waals surface area contributed by atoms with Crippen molar-refractivity contribution in [3.63, 3.8) is 0 Å². The maximum absolute atomic E-state index is 13.8. The summed E-state index contributed by atoms with van der Waals surface area (Å²) in [5.41, 5.74) is 0. The molecule has 0 radical (unpaired) electrons. The van der Waals surface area contributed by atoms with E-state index >= 15 is 0 Å². The Balaban J connectivity index is 0.000000488. The number of esters is 1. The van der Waals surface area contributed by atoms with E-state index in [1.165, 1.54) is 6.92 Å². The topological polar surface area (TPSA) is 142 Å². The predicted molar refractivity (Wildman–Crippen MR) is 105 cm³/mol. The zero-order chi connectivity index (χ0) is 27.7. The molecule has 2 heterocycles. The summed E-state index contributed by atoms with van der Waals surface area (Å²) in [6.07, 6.45) is -0.103. The monoisotopic (exact) mass is 538 g/mol. The van der Waals surface area contributed by atoms with E-state index < -0.39 is 54.7 Å². The molecule has 2 aliphatic heterocycles. The van der Waals surface area contributed by atoms with Crippen LogP contribution < -0.4 is 20.6 Å². The number of piperazine rings is 2. The highest BCUT2D eigenvalue weighted by atomic mass is 19.3. The molecule has 36 heavy (non-hydrogen) atoms. The molecule has 0 spiro atoms. The molecule has 2 amide bonds. The van der Waals surface area contributed by atoms with Crippen molar-refractivity contribution in [1.29, 1.82) is 0 Å². The first-order valence-corrected chi connectivity index (χ1v) is 10.9. The number of aliphatic carboxylic acids is 1. The van der Waals surface area contributed by atoms with Gasteiger partial charge in [0, 0.05) is 32.7 Å². The lowest BCUT2D eigenvalue weighted by Crippen LogP contribution is -3.17. The van der Waals surface area contributed by atoms with Gasteiger partial charge in [-0.05, 0) is 13.8 Å². The summed E-state index contributed by atoms with van der Waals surface area (Å²) in [5.74, 6) is -26.8. The number of carbonyl (C=O) groups excluding carboxylic acids is 4. The molecule has 0 bridgehead atoms. The van der Waals surface area contributed by atoms with Crippen molar-refractivity contribution in [2.45, 2.75) is 37.7 Å². The number of hydrogen-bond acceptors (Lipinski definition) is 9. The molecule has 17 heteroatoms. The molecule has 3 N–H and O–H groups in total. The highest BCUT2D eigenvalue weighted by Gasteiger charge is 2.76. The number of ether oxygens (including phenoxy) is 2. The first-order valence-electron chi connectivity index (χ1n) is 10.9. The zero-order valence-corrected chi connectivity index (χ0v) is 19.5. The lowest BCUT2D eigenvalue weighted by molar-refractivity contribution is -0.826. The number of alkyl halides is 6. The van der Waals surface area contributed by atoms with Crippen LogP contribution in [0.1, 0.15) is 13.8 Å². The zero-order valence-electron chi connectivity index (χ0n) is 19.5. The van der Waals surface area contributed by atoms with Crippen molar-refractivity contribution < 1.29 is 65.0 Å². The largest absolute Gasteiger partial charge is 0.544 e. The Morgan fingerprint density at radius 2 is 1.47 bits per heavy atom. The third kappa shape index (κ3) is 6.97. The molecular weight excluding hydrogens is 510 g/mol. The van der Waals surface area contributed by atoms with E-state index in [9.17, 15) is 50.6 Å². The first-order chi connectivity index (χ1) is 16.7. The molecule has 1 unspecified atom stereocenters. The van der Waals surface area contributed by atoms with E-state index in [4.69, 9.17) is 4.74 Å². The number of nitrogens with one attached hydrogen (secondary N) is 3. The van der Waals surface area contributed by atoms with Gasteiger partial charge in [0.2, 0.25) is 0 Å². The lowest BCUT2D eigenvalue weighted by Gasteiger charge is -2.39. The Morgan fingerprint density at radius 1 is 0.917 bits per heavy atom. The maximum Gasteiger partial charge on any atom is 0.514 e. The van der Waals surface area contributed by atoms with Crippen molar-refractivity contribution >= 4 is 23.9 Å². The molecule has 11 nitrogen and oxygen atoms in total. The summed E-state index contributed by atoms with van der Waals surface area (Å²) in [6, 6.07) is -1.76. The molecular formula is C19H28F6N4O7. The number of halogens is 6. The summed E-state index contributed by atoms with van der Waals surface area (Å²) in [4.78, 5) is 45.5. The van der Waals surface area contributed by atoms with Gasteiger partial charge in [-0.15, -0.1) is 0 Å². The van der Waals surface area contributed by atoms with Gasteiger partial charge in [-0.25, -0.2) is 9.69 Å². The lowest BCUT2D eigenvalue weighted by atomic mass is 10.0. The van der Waals surface area contributed by atoms with Crippen LogP contribution in [0.25, 0.3) is 0 Å².